The summed E-state index contributed by atoms with van der Waals surface area (Å²) in [6.07, 6.45) is 6.34. The lowest BCUT2D eigenvalue weighted by Gasteiger charge is -2.20. The number of hydrogen-bond donors (Lipinski definition) is 1. The van der Waals surface area contributed by atoms with Crippen molar-refractivity contribution in [1.29, 1.82) is 0 Å². The van der Waals surface area contributed by atoms with Crippen LogP contribution in [0.15, 0.2) is 18.2 Å². The molecule has 2 unspecified atom stereocenters. The van der Waals surface area contributed by atoms with Gasteiger partial charge in [-0.25, -0.2) is 0 Å². The standard InChI is InChI=1S/C16H23Cl2N/c1-2-8-19-11-14-5-3-4-12(14)9-13-6-7-15(17)10-16(13)18/h6-7,10,12,14,19H,2-5,8-9,11H2,1H3. The van der Waals surface area contributed by atoms with Gasteiger partial charge in [0.25, 0.3) is 0 Å². The number of rotatable bonds is 6. The molecule has 1 aliphatic carbocycles. The van der Waals surface area contributed by atoms with Crippen LogP contribution in [0.1, 0.15) is 38.2 Å². The molecule has 1 nitrogen and oxygen atoms in total. The molecule has 0 amide bonds. The zero-order valence-electron chi connectivity index (χ0n) is 11.6. The molecule has 1 aromatic carbocycles. The largest absolute Gasteiger partial charge is 0.316 e. The molecule has 1 fully saturated rings. The Hall–Kier alpha value is -0.240. The first-order valence-electron chi connectivity index (χ1n) is 7.35. The van der Waals surface area contributed by atoms with E-state index in [4.69, 9.17) is 23.2 Å². The molecule has 2 rings (SSSR count). The first kappa shape index (κ1) is 15.2. The van der Waals surface area contributed by atoms with Crippen LogP contribution in [0.5, 0.6) is 0 Å². The van der Waals surface area contributed by atoms with E-state index in [0.717, 1.165) is 41.4 Å². The van der Waals surface area contributed by atoms with E-state index in [2.05, 4.69) is 18.3 Å². The molecule has 1 aromatic rings. The second-order valence-electron chi connectivity index (χ2n) is 5.60. The highest BCUT2D eigenvalue weighted by Crippen LogP contribution is 2.35. The maximum atomic E-state index is 6.28. The molecular formula is C16H23Cl2N. The Labute approximate surface area is 126 Å². The van der Waals surface area contributed by atoms with Gasteiger partial charge < -0.3 is 5.32 Å². The second kappa shape index (κ2) is 7.52. The molecule has 1 saturated carbocycles. The summed E-state index contributed by atoms with van der Waals surface area (Å²) < 4.78 is 0. The van der Waals surface area contributed by atoms with Crippen molar-refractivity contribution in [3.8, 4) is 0 Å². The summed E-state index contributed by atoms with van der Waals surface area (Å²) in [6.45, 7) is 4.50. The van der Waals surface area contributed by atoms with Crippen molar-refractivity contribution < 1.29 is 0 Å². The quantitative estimate of drug-likeness (QED) is 0.733. The molecule has 0 spiro atoms. The Balaban J connectivity index is 1.93. The van der Waals surface area contributed by atoms with Gasteiger partial charge in [0, 0.05) is 10.0 Å². The van der Waals surface area contributed by atoms with E-state index in [1.54, 1.807) is 0 Å². The fourth-order valence-electron chi connectivity index (χ4n) is 3.09. The molecule has 1 N–H and O–H groups in total. The third-order valence-corrected chi connectivity index (χ3v) is 4.73. The Morgan fingerprint density at radius 1 is 1.21 bits per heavy atom. The Morgan fingerprint density at radius 3 is 2.74 bits per heavy atom. The molecule has 1 aliphatic rings. The van der Waals surface area contributed by atoms with Crippen molar-refractivity contribution in [2.45, 2.75) is 39.0 Å². The van der Waals surface area contributed by atoms with E-state index in [-0.39, 0.29) is 0 Å². The van der Waals surface area contributed by atoms with E-state index in [9.17, 15) is 0 Å². The summed E-state index contributed by atoms with van der Waals surface area (Å²) in [5.41, 5.74) is 1.25. The number of halogens is 2. The van der Waals surface area contributed by atoms with Crippen molar-refractivity contribution in [3.05, 3.63) is 33.8 Å². The van der Waals surface area contributed by atoms with Crippen LogP contribution in [0.25, 0.3) is 0 Å². The zero-order valence-corrected chi connectivity index (χ0v) is 13.1. The van der Waals surface area contributed by atoms with Crippen molar-refractivity contribution in [3.63, 3.8) is 0 Å². The van der Waals surface area contributed by atoms with Crippen molar-refractivity contribution >= 4 is 23.2 Å². The monoisotopic (exact) mass is 299 g/mol. The molecule has 0 radical (unpaired) electrons. The second-order valence-corrected chi connectivity index (χ2v) is 6.44. The average Bonchev–Trinajstić information content (AvgIpc) is 2.81. The normalized spacial score (nSPS) is 22.9. The van der Waals surface area contributed by atoms with Gasteiger partial charge in [-0.15, -0.1) is 0 Å². The fraction of sp³-hybridized carbons (Fsp3) is 0.625. The number of nitrogens with one attached hydrogen (secondary N) is 1. The van der Waals surface area contributed by atoms with Gasteiger partial charge in [0.2, 0.25) is 0 Å². The molecule has 0 aromatic heterocycles. The zero-order chi connectivity index (χ0) is 13.7. The molecule has 0 saturated heterocycles. The van der Waals surface area contributed by atoms with Gasteiger partial charge in [-0.1, -0.05) is 42.6 Å². The van der Waals surface area contributed by atoms with Crippen LogP contribution in [0.3, 0.4) is 0 Å². The van der Waals surface area contributed by atoms with E-state index in [1.165, 1.54) is 31.2 Å². The number of hydrogen-bond acceptors (Lipinski definition) is 1. The Morgan fingerprint density at radius 2 is 2.00 bits per heavy atom. The van der Waals surface area contributed by atoms with Crippen LogP contribution < -0.4 is 5.32 Å². The molecule has 0 aliphatic heterocycles. The summed E-state index contributed by atoms with van der Waals surface area (Å²) in [5, 5.41) is 5.10. The first-order chi connectivity index (χ1) is 9.20. The van der Waals surface area contributed by atoms with E-state index in [0.29, 0.717) is 0 Å². The molecule has 2 atom stereocenters. The van der Waals surface area contributed by atoms with Crippen LogP contribution in [-0.4, -0.2) is 13.1 Å². The van der Waals surface area contributed by atoms with Crippen LogP contribution in [-0.2, 0) is 6.42 Å². The Kier molecular flexibility index (Phi) is 6.00. The average molecular weight is 300 g/mol. The summed E-state index contributed by atoms with van der Waals surface area (Å²) >= 11 is 12.2. The lowest BCUT2D eigenvalue weighted by Crippen LogP contribution is -2.26. The van der Waals surface area contributed by atoms with E-state index >= 15 is 0 Å². The summed E-state index contributed by atoms with van der Waals surface area (Å²) in [7, 11) is 0. The maximum absolute atomic E-state index is 6.28. The predicted molar refractivity (Wildman–Crippen MR) is 84.2 cm³/mol. The summed E-state index contributed by atoms with van der Waals surface area (Å²) in [6, 6.07) is 5.89. The maximum Gasteiger partial charge on any atom is 0.0452 e. The minimum atomic E-state index is 0.723. The molecule has 3 heteroatoms. The van der Waals surface area contributed by atoms with Gasteiger partial charge >= 0.3 is 0 Å². The van der Waals surface area contributed by atoms with Crippen LogP contribution in [0, 0.1) is 11.8 Å². The lowest BCUT2D eigenvalue weighted by molar-refractivity contribution is 0.365. The molecule has 0 bridgehead atoms. The summed E-state index contributed by atoms with van der Waals surface area (Å²) in [5.74, 6) is 1.57. The van der Waals surface area contributed by atoms with Crippen molar-refractivity contribution in [2.75, 3.05) is 13.1 Å². The minimum Gasteiger partial charge on any atom is -0.316 e. The van der Waals surface area contributed by atoms with Crippen molar-refractivity contribution in [2.24, 2.45) is 11.8 Å². The van der Waals surface area contributed by atoms with Crippen LogP contribution >= 0.6 is 23.2 Å². The van der Waals surface area contributed by atoms with Gasteiger partial charge in [-0.05, 0) is 68.3 Å². The Bertz CT molecular complexity index is 406. The van der Waals surface area contributed by atoms with E-state index in [1.807, 2.05) is 12.1 Å². The fourth-order valence-corrected chi connectivity index (χ4v) is 3.57. The molecule has 0 heterocycles. The van der Waals surface area contributed by atoms with E-state index < -0.39 is 0 Å². The highest BCUT2D eigenvalue weighted by molar-refractivity contribution is 6.35. The van der Waals surface area contributed by atoms with Gasteiger partial charge in [0.1, 0.15) is 0 Å². The number of benzene rings is 1. The van der Waals surface area contributed by atoms with Gasteiger partial charge in [0.15, 0.2) is 0 Å². The first-order valence-corrected chi connectivity index (χ1v) is 8.11. The summed E-state index contributed by atoms with van der Waals surface area (Å²) in [4.78, 5) is 0. The topological polar surface area (TPSA) is 12.0 Å². The predicted octanol–water partition coefficient (Wildman–Crippen LogP) is 4.95. The van der Waals surface area contributed by atoms with Gasteiger partial charge in [-0.3, -0.25) is 0 Å². The van der Waals surface area contributed by atoms with Crippen LogP contribution in [0.4, 0.5) is 0 Å². The van der Waals surface area contributed by atoms with Crippen LogP contribution in [0.2, 0.25) is 10.0 Å². The third kappa shape index (κ3) is 4.37. The van der Waals surface area contributed by atoms with Gasteiger partial charge in [-0.2, -0.15) is 0 Å². The van der Waals surface area contributed by atoms with Gasteiger partial charge in [0.05, 0.1) is 0 Å². The SMILES string of the molecule is CCCNCC1CCCC1Cc1ccc(Cl)cc1Cl. The molecule has 19 heavy (non-hydrogen) atoms. The highest BCUT2D eigenvalue weighted by atomic mass is 35.5. The minimum absolute atomic E-state index is 0.723. The molecule has 106 valence electrons. The lowest BCUT2D eigenvalue weighted by atomic mass is 9.89. The third-order valence-electron chi connectivity index (χ3n) is 4.15. The smallest absolute Gasteiger partial charge is 0.0452 e. The van der Waals surface area contributed by atoms with Crippen molar-refractivity contribution in [1.82, 2.24) is 5.32 Å². The highest BCUT2D eigenvalue weighted by Gasteiger charge is 2.27. The molecular weight excluding hydrogens is 277 g/mol.